The van der Waals surface area contributed by atoms with Crippen LogP contribution in [-0.2, 0) is 14.5 Å². The summed E-state index contributed by atoms with van der Waals surface area (Å²) >= 11 is 1.55. The van der Waals surface area contributed by atoms with E-state index in [4.69, 9.17) is 9.52 Å². The monoisotopic (exact) mass is 391 g/mol. The predicted octanol–water partition coefficient (Wildman–Crippen LogP) is 2.86. The van der Waals surface area contributed by atoms with Crippen LogP contribution in [0.3, 0.4) is 0 Å². The summed E-state index contributed by atoms with van der Waals surface area (Å²) in [5, 5.41) is 1.98. The standard InChI is InChI=1S/C18H21N3O3S2/c19-26(23)9-5-18(6-10-26)12-21(7-8-24-18)17(22)15-3-1-14(2-4-15)16-11-25-13-20-16/h1-4,11,13,19H,5-10,12H2. The number of ether oxygens (including phenoxy) is 1. The predicted molar refractivity (Wildman–Crippen MR) is 102 cm³/mol. The van der Waals surface area contributed by atoms with Gasteiger partial charge in [0.15, 0.2) is 0 Å². The quantitative estimate of drug-likeness (QED) is 0.853. The Morgan fingerprint density at radius 1 is 1.27 bits per heavy atom. The summed E-state index contributed by atoms with van der Waals surface area (Å²) in [7, 11) is -2.46. The van der Waals surface area contributed by atoms with Gasteiger partial charge < -0.3 is 9.64 Å². The van der Waals surface area contributed by atoms with Crippen molar-refractivity contribution >= 4 is 27.0 Å². The first kappa shape index (κ1) is 17.6. The molecular formula is C18H21N3O3S2. The largest absolute Gasteiger partial charge is 0.371 e. The summed E-state index contributed by atoms with van der Waals surface area (Å²) in [4.78, 5) is 19.0. The van der Waals surface area contributed by atoms with Crippen molar-refractivity contribution in [2.75, 3.05) is 31.2 Å². The smallest absolute Gasteiger partial charge is 0.254 e. The van der Waals surface area contributed by atoms with Crippen LogP contribution < -0.4 is 0 Å². The molecule has 2 aromatic rings. The number of hydrogen-bond acceptors (Lipinski definition) is 6. The number of amides is 1. The van der Waals surface area contributed by atoms with Crippen LogP contribution in [0.2, 0.25) is 0 Å². The van der Waals surface area contributed by atoms with Crippen molar-refractivity contribution in [3.63, 3.8) is 0 Å². The van der Waals surface area contributed by atoms with Gasteiger partial charge in [-0.25, -0.2) is 9.19 Å². The Morgan fingerprint density at radius 2 is 2.00 bits per heavy atom. The van der Waals surface area contributed by atoms with Crippen LogP contribution in [0.5, 0.6) is 0 Å². The highest BCUT2D eigenvalue weighted by molar-refractivity contribution is 7.92. The van der Waals surface area contributed by atoms with E-state index in [-0.39, 0.29) is 5.91 Å². The van der Waals surface area contributed by atoms with Crippen molar-refractivity contribution in [3.8, 4) is 11.3 Å². The third kappa shape index (κ3) is 3.54. The maximum atomic E-state index is 12.9. The van der Waals surface area contributed by atoms with Gasteiger partial charge in [-0.2, -0.15) is 0 Å². The van der Waals surface area contributed by atoms with Crippen molar-refractivity contribution in [1.82, 2.24) is 9.88 Å². The van der Waals surface area contributed by atoms with E-state index in [1.54, 1.807) is 16.8 Å². The maximum absolute atomic E-state index is 12.9. The fraction of sp³-hybridized carbons (Fsp3) is 0.444. The summed E-state index contributed by atoms with van der Waals surface area (Å²) in [5.74, 6) is 0.712. The lowest BCUT2D eigenvalue weighted by Gasteiger charge is -2.45. The Bertz CT molecular complexity index is 878. The van der Waals surface area contributed by atoms with E-state index in [2.05, 4.69) is 4.98 Å². The maximum Gasteiger partial charge on any atom is 0.254 e. The van der Waals surface area contributed by atoms with E-state index in [0.29, 0.717) is 49.6 Å². The Labute approximate surface area is 157 Å². The third-order valence-corrected chi connectivity index (χ3v) is 7.48. The molecule has 2 aliphatic heterocycles. The molecule has 1 N–H and O–H groups in total. The van der Waals surface area contributed by atoms with E-state index in [9.17, 15) is 9.00 Å². The fourth-order valence-electron chi connectivity index (χ4n) is 3.57. The SMILES string of the molecule is N=S1(=O)CCC2(CC1)CN(C(=O)c1ccc(-c3cscn3)cc1)CCO2. The minimum atomic E-state index is -2.46. The van der Waals surface area contributed by atoms with Crippen molar-refractivity contribution in [2.45, 2.75) is 18.4 Å². The average Bonchev–Trinajstić information content (AvgIpc) is 3.19. The van der Waals surface area contributed by atoms with Crippen molar-refractivity contribution in [2.24, 2.45) is 0 Å². The zero-order valence-electron chi connectivity index (χ0n) is 14.3. The molecule has 8 heteroatoms. The van der Waals surface area contributed by atoms with Gasteiger partial charge in [0.1, 0.15) is 0 Å². The molecule has 0 unspecified atom stereocenters. The first-order valence-corrected chi connectivity index (χ1v) is 11.5. The van der Waals surface area contributed by atoms with Gasteiger partial charge in [0.2, 0.25) is 0 Å². The molecule has 1 aromatic heterocycles. The fourth-order valence-corrected chi connectivity index (χ4v) is 5.74. The van der Waals surface area contributed by atoms with Gasteiger partial charge >= 0.3 is 0 Å². The zero-order valence-corrected chi connectivity index (χ0v) is 16.0. The summed E-state index contributed by atoms with van der Waals surface area (Å²) in [6.07, 6.45) is 1.17. The number of benzene rings is 1. The number of carbonyl (C=O) groups is 1. The van der Waals surface area contributed by atoms with Gasteiger partial charge in [-0.3, -0.25) is 9.57 Å². The number of morpholine rings is 1. The van der Waals surface area contributed by atoms with Gasteiger partial charge in [-0.05, 0) is 25.0 Å². The lowest BCUT2D eigenvalue weighted by atomic mass is 9.94. The number of aromatic nitrogens is 1. The van der Waals surface area contributed by atoms with Gasteiger partial charge in [-0.15, -0.1) is 11.3 Å². The highest BCUT2D eigenvalue weighted by atomic mass is 32.2. The number of rotatable bonds is 2. The molecule has 4 rings (SSSR count). The van der Waals surface area contributed by atoms with E-state index >= 15 is 0 Å². The molecule has 138 valence electrons. The molecular weight excluding hydrogens is 370 g/mol. The second kappa shape index (κ2) is 6.75. The Balaban J connectivity index is 1.48. The van der Waals surface area contributed by atoms with E-state index in [1.807, 2.05) is 34.5 Å². The molecule has 0 aliphatic carbocycles. The lowest BCUT2D eigenvalue weighted by molar-refractivity contribution is -0.104. The average molecular weight is 392 g/mol. The second-order valence-electron chi connectivity index (χ2n) is 6.93. The van der Waals surface area contributed by atoms with Crippen molar-refractivity contribution < 1.29 is 13.7 Å². The van der Waals surface area contributed by atoms with E-state index < -0.39 is 15.3 Å². The molecule has 1 aromatic carbocycles. The third-order valence-electron chi connectivity index (χ3n) is 5.17. The number of hydrogen-bond donors (Lipinski definition) is 1. The molecule has 0 radical (unpaired) electrons. The number of thiazole rings is 1. The van der Waals surface area contributed by atoms with Crippen molar-refractivity contribution in [1.29, 1.82) is 4.78 Å². The van der Waals surface area contributed by atoms with Gasteiger partial charge in [0.05, 0.1) is 30.0 Å². The number of carbonyl (C=O) groups excluding carboxylic acids is 1. The van der Waals surface area contributed by atoms with Gasteiger partial charge in [0.25, 0.3) is 5.91 Å². The lowest BCUT2D eigenvalue weighted by Crippen LogP contribution is -2.56. The molecule has 2 saturated heterocycles. The Morgan fingerprint density at radius 3 is 2.65 bits per heavy atom. The molecule has 0 atom stereocenters. The van der Waals surface area contributed by atoms with Crippen LogP contribution in [0.1, 0.15) is 23.2 Å². The molecule has 2 fully saturated rings. The molecule has 0 bridgehead atoms. The van der Waals surface area contributed by atoms with Crippen molar-refractivity contribution in [3.05, 3.63) is 40.7 Å². The van der Waals surface area contributed by atoms with Gasteiger partial charge in [0, 0.05) is 44.3 Å². The molecule has 0 saturated carbocycles. The van der Waals surface area contributed by atoms with Crippen LogP contribution >= 0.6 is 11.3 Å². The zero-order chi connectivity index (χ0) is 18.2. The van der Waals surface area contributed by atoms with Gasteiger partial charge in [-0.1, -0.05) is 12.1 Å². The molecule has 2 aliphatic rings. The van der Waals surface area contributed by atoms with Crippen LogP contribution in [0.4, 0.5) is 0 Å². The van der Waals surface area contributed by atoms with Crippen LogP contribution in [0.15, 0.2) is 35.2 Å². The summed E-state index contributed by atoms with van der Waals surface area (Å²) in [5.41, 5.74) is 3.93. The topological polar surface area (TPSA) is 83.4 Å². The van der Waals surface area contributed by atoms with Crippen LogP contribution in [-0.4, -0.2) is 56.8 Å². The summed E-state index contributed by atoms with van der Waals surface area (Å²) in [6, 6.07) is 7.54. The normalized spacial score (nSPS) is 29.0. The second-order valence-corrected chi connectivity index (χ2v) is 10.1. The number of nitrogens with one attached hydrogen (secondary N) is 1. The highest BCUT2D eigenvalue weighted by Gasteiger charge is 2.42. The first-order chi connectivity index (χ1) is 12.5. The van der Waals surface area contributed by atoms with E-state index in [0.717, 1.165) is 11.3 Å². The van der Waals surface area contributed by atoms with Crippen LogP contribution in [0, 0.1) is 4.78 Å². The molecule has 26 heavy (non-hydrogen) atoms. The first-order valence-electron chi connectivity index (χ1n) is 8.63. The summed E-state index contributed by atoms with van der Waals surface area (Å²) in [6.45, 7) is 1.56. The molecule has 1 spiro atoms. The molecule has 6 nitrogen and oxygen atoms in total. The number of nitrogens with zero attached hydrogens (tertiary/aromatic N) is 2. The minimum absolute atomic E-state index is 0.00492. The van der Waals surface area contributed by atoms with Crippen LogP contribution in [0.25, 0.3) is 11.3 Å². The molecule has 3 heterocycles. The molecule has 1 amide bonds. The van der Waals surface area contributed by atoms with E-state index in [1.165, 1.54) is 0 Å². The minimum Gasteiger partial charge on any atom is -0.371 e. The Hall–Kier alpha value is -1.77. The highest BCUT2D eigenvalue weighted by Crippen LogP contribution is 2.32. The summed E-state index contributed by atoms with van der Waals surface area (Å²) < 4.78 is 25.7. The Kier molecular flexibility index (Phi) is 4.58.